The van der Waals surface area contributed by atoms with Crippen molar-refractivity contribution in [2.45, 2.75) is 19.9 Å². The van der Waals surface area contributed by atoms with Gasteiger partial charge in [-0.05, 0) is 19.9 Å². The average Bonchev–Trinajstić information content (AvgIpc) is 2.62. The monoisotopic (exact) mass is 225 g/mol. The normalized spacial score (nSPS) is 10.3. The maximum absolute atomic E-state index is 10.7. The lowest BCUT2D eigenvalue weighted by atomic mass is 10.3. The van der Waals surface area contributed by atoms with E-state index in [1.165, 1.54) is 11.3 Å². The molecule has 1 rings (SSSR count). The summed E-state index contributed by atoms with van der Waals surface area (Å²) in [5.74, 6) is -0.867. The van der Waals surface area contributed by atoms with Crippen LogP contribution < -0.4 is 4.90 Å². The minimum atomic E-state index is -0.867. The highest BCUT2D eigenvalue weighted by Gasteiger charge is 2.13. The molecule has 82 valence electrons. The van der Waals surface area contributed by atoms with Crippen LogP contribution in [0.1, 0.15) is 23.5 Å². The van der Waals surface area contributed by atoms with Gasteiger partial charge in [0.25, 0.3) is 0 Å². The predicted octanol–water partition coefficient (Wildman–Crippen LogP) is 2.85. The number of nitrogens with zero attached hydrogens (tertiary/aromatic N) is 1. The van der Waals surface area contributed by atoms with Gasteiger partial charge in [-0.25, -0.2) is 4.79 Å². The van der Waals surface area contributed by atoms with Crippen LogP contribution in [0.15, 0.2) is 24.1 Å². The second kappa shape index (κ2) is 4.98. The lowest BCUT2D eigenvalue weighted by molar-refractivity contribution is 0.0702. The summed E-state index contributed by atoms with van der Waals surface area (Å²) in [4.78, 5) is 13.2. The molecule has 0 aliphatic heterocycles. The van der Waals surface area contributed by atoms with Gasteiger partial charge >= 0.3 is 5.97 Å². The molecular formula is C11H15NO2S. The van der Waals surface area contributed by atoms with E-state index in [-0.39, 0.29) is 0 Å². The smallest absolute Gasteiger partial charge is 0.345 e. The van der Waals surface area contributed by atoms with Crippen molar-refractivity contribution in [1.82, 2.24) is 0 Å². The first kappa shape index (κ1) is 11.8. The fourth-order valence-electron chi connectivity index (χ4n) is 1.34. The van der Waals surface area contributed by atoms with Gasteiger partial charge in [0.1, 0.15) is 4.88 Å². The van der Waals surface area contributed by atoms with Gasteiger partial charge in [-0.15, -0.1) is 17.9 Å². The van der Waals surface area contributed by atoms with Crippen LogP contribution in [0.4, 0.5) is 5.69 Å². The fraction of sp³-hybridized carbons (Fsp3) is 0.364. The van der Waals surface area contributed by atoms with E-state index in [1.807, 2.05) is 11.5 Å². The maximum Gasteiger partial charge on any atom is 0.345 e. The molecule has 0 saturated carbocycles. The zero-order chi connectivity index (χ0) is 11.4. The number of aromatic carboxylic acids is 1. The molecule has 0 fully saturated rings. The SMILES string of the molecule is C=CCN(c1csc(C(=O)O)c1)C(C)C. The summed E-state index contributed by atoms with van der Waals surface area (Å²) in [5, 5.41) is 10.7. The van der Waals surface area contributed by atoms with E-state index in [2.05, 4.69) is 25.3 Å². The van der Waals surface area contributed by atoms with Crippen LogP contribution >= 0.6 is 11.3 Å². The largest absolute Gasteiger partial charge is 0.477 e. The Hall–Kier alpha value is -1.29. The summed E-state index contributed by atoms with van der Waals surface area (Å²) in [6, 6.07) is 2.04. The number of thiophene rings is 1. The van der Waals surface area contributed by atoms with E-state index in [1.54, 1.807) is 6.07 Å². The molecule has 0 aromatic carbocycles. The number of carboxylic acids is 1. The zero-order valence-corrected chi connectivity index (χ0v) is 9.75. The molecule has 0 unspecified atom stereocenters. The summed E-state index contributed by atoms with van der Waals surface area (Å²) in [7, 11) is 0. The summed E-state index contributed by atoms with van der Waals surface area (Å²) >= 11 is 1.25. The van der Waals surface area contributed by atoms with E-state index in [9.17, 15) is 4.79 Å². The molecule has 3 nitrogen and oxygen atoms in total. The first-order valence-electron chi connectivity index (χ1n) is 4.75. The minimum Gasteiger partial charge on any atom is -0.477 e. The minimum absolute atomic E-state index is 0.333. The number of hydrogen-bond donors (Lipinski definition) is 1. The molecule has 0 aliphatic carbocycles. The quantitative estimate of drug-likeness (QED) is 0.783. The van der Waals surface area contributed by atoms with E-state index in [0.29, 0.717) is 10.9 Å². The van der Waals surface area contributed by atoms with Crippen LogP contribution in [0.25, 0.3) is 0 Å². The molecule has 0 saturated heterocycles. The van der Waals surface area contributed by atoms with Crippen LogP contribution in [0.5, 0.6) is 0 Å². The van der Waals surface area contributed by atoms with Crippen molar-refractivity contribution in [3.63, 3.8) is 0 Å². The first-order chi connectivity index (χ1) is 7.06. The Bertz CT molecular complexity index is 357. The molecule has 0 bridgehead atoms. The molecular weight excluding hydrogens is 210 g/mol. The van der Waals surface area contributed by atoms with Gasteiger partial charge < -0.3 is 10.0 Å². The van der Waals surface area contributed by atoms with Crippen LogP contribution in [0.3, 0.4) is 0 Å². The number of hydrogen-bond acceptors (Lipinski definition) is 3. The van der Waals surface area contributed by atoms with Crippen molar-refractivity contribution in [1.29, 1.82) is 0 Å². The molecule has 1 aromatic rings. The van der Waals surface area contributed by atoms with Gasteiger partial charge in [0.05, 0.1) is 0 Å². The number of anilines is 1. The highest BCUT2D eigenvalue weighted by molar-refractivity contribution is 7.12. The molecule has 0 spiro atoms. The standard InChI is InChI=1S/C11H15NO2S/c1-4-5-12(8(2)3)9-6-10(11(13)14)15-7-9/h4,6-8H,1,5H2,2-3H3,(H,13,14). The van der Waals surface area contributed by atoms with E-state index < -0.39 is 5.97 Å². The van der Waals surface area contributed by atoms with Gasteiger partial charge in [0.15, 0.2) is 0 Å². The van der Waals surface area contributed by atoms with Crippen molar-refractivity contribution < 1.29 is 9.90 Å². The van der Waals surface area contributed by atoms with Crippen molar-refractivity contribution in [3.05, 3.63) is 29.0 Å². The average molecular weight is 225 g/mol. The molecule has 15 heavy (non-hydrogen) atoms. The lowest BCUT2D eigenvalue weighted by Gasteiger charge is -2.26. The van der Waals surface area contributed by atoms with Gasteiger partial charge in [-0.2, -0.15) is 0 Å². The Morgan fingerprint density at radius 2 is 2.40 bits per heavy atom. The Kier molecular flexibility index (Phi) is 3.91. The van der Waals surface area contributed by atoms with Gasteiger partial charge in [-0.3, -0.25) is 0 Å². The van der Waals surface area contributed by atoms with E-state index >= 15 is 0 Å². The molecule has 1 aromatic heterocycles. The van der Waals surface area contributed by atoms with Crippen molar-refractivity contribution in [2.24, 2.45) is 0 Å². The van der Waals surface area contributed by atoms with Crippen LogP contribution in [0.2, 0.25) is 0 Å². The van der Waals surface area contributed by atoms with E-state index in [0.717, 1.165) is 12.2 Å². The lowest BCUT2D eigenvalue weighted by Crippen LogP contribution is -2.30. The third kappa shape index (κ3) is 2.83. The van der Waals surface area contributed by atoms with Crippen molar-refractivity contribution in [3.8, 4) is 0 Å². The maximum atomic E-state index is 10.7. The Balaban J connectivity index is 2.91. The predicted molar refractivity (Wildman–Crippen MR) is 64.0 cm³/mol. The zero-order valence-electron chi connectivity index (χ0n) is 8.93. The van der Waals surface area contributed by atoms with Gasteiger partial charge in [0, 0.05) is 23.7 Å². The molecule has 0 aliphatic rings. The Morgan fingerprint density at radius 3 is 2.80 bits per heavy atom. The molecule has 0 atom stereocenters. The summed E-state index contributed by atoms with van der Waals surface area (Å²) < 4.78 is 0. The molecule has 4 heteroatoms. The first-order valence-corrected chi connectivity index (χ1v) is 5.63. The topological polar surface area (TPSA) is 40.5 Å². The number of carbonyl (C=O) groups is 1. The van der Waals surface area contributed by atoms with Gasteiger partial charge in [0.2, 0.25) is 0 Å². The Morgan fingerprint density at radius 1 is 1.73 bits per heavy atom. The summed E-state index contributed by atoms with van der Waals surface area (Å²) in [5.41, 5.74) is 0.951. The van der Waals surface area contributed by atoms with Crippen molar-refractivity contribution in [2.75, 3.05) is 11.4 Å². The summed E-state index contributed by atoms with van der Waals surface area (Å²) in [6.45, 7) is 8.57. The highest BCUT2D eigenvalue weighted by Crippen LogP contribution is 2.24. The van der Waals surface area contributed by atoms with E-state index in [4.69, 9.17) is 5.11 Å². The third-order valence-corrected chi connectivity index (χ3v) is 2.98. The van der Waals surface area contributed by atoms with Crippen molar-refractivity contribution >= 4 is 23.0 Å². The molecule has 1 heterocycles. The molecule has 0 radical (unpaired) electrons. The molecule has 1 N–H and O–H groups in total. The fourth-order valence-corrected chi connectivity index (χ4v) is 2.08. The van der Waals surface area contributed by atoms with Crippen LogP contribution in [0, 0.1) is 0 Å². The second-order valence-corrected chi connectivity index (χ2v) is 4.42. The molecule has 0 amide bonds. The van der Waals surface area contributed by atoms with Crippen LogP contribution in [-0.4, -0.2) is 23.7 Å². The van der Waals surface area contributed by atoms with Crippen LogP contribution in [-0.2, 0) is 0 Å². The Labute approximate surface area is 93.7 Å². The van der Waals surface area contributed by atoms with Gasteiger partial charge in [-0.1, -0.05) is 6.08 Å². The third-order valence-electron chi connectivity index (χ3n) is 2.08. The number of carboxylic acid groups (broad SMARTS) is 1. The second-order valence-electron chi connectivity index (χ2n) is 3.51. The number of rotatable bonds is 5. The summed E-state index contributed by atoms with van der Waals surface area (Å²) in [6.07, 6.45) is 1.82. The highest BCUT2D eigenvalue weighted by atomic mass is 32.1.